The standard InChI is InChI=1S/C21H27FN4O4S/c1-5-11-26(12-6-2)16(27)13-31-18(23-15-9-7-14(22)8-10-15)17-19(28)24(3)21(30)25(4)20(17)29/h7-10,28H,5-6,11-13H2,1-4H3. The summed E-state index contributed by atoms with van der Waals surface area (Å²) in [6.45, 7) is 5.20. The summed E-state index contributed by atoms with van der Waals surface area (Å²) in [5, 5.41) is 10.6. The highest BCUT2D eigenvalue weighted by Crippen LogP contribution is 2.23. The molecule has 1 aromatic heterocycles. The average molecular weight is 451 g/mol. The minimum absolute atomic E-state index is 0.00847. The molecule has 0 saturated carbocycles. The van der Waals surface area contributed by atoms with Crippen LogP contribution in [0.4, 0.5) is 10.1 Å². The molecule has 2 rings (SSSR count). The van der Waals surface area contributed by atoms with E-state index < -0.39 is 22.9 Å². The molecule has 1 N–H and O–H groups in total. The molecule has 2 aromatic rings. The van der Waals surface area contributed by atoms with Crippen molar-refractivity contribution in [1.29, 1.82) is 0 Å². The minimum Gasteiger partial charge on any atom is -0.494 e. The molecule has 1 heterocycles. The molecule has 0 fully saturated rings. The van der Waals surface area contributed by atoms with Crippen molar-refractivity contribution in [3.63, 3.8) is 0 Å². The zero-order valence-corrected chi connectivity index (χ0v) is 18.9. The van der Waals surface area contributed by atoms with Crippen molar-refractivity contribution in [1.82, 2.24) is 14.0 Å². The van der Waals surface area contributed by atoms with Crippen molar-refractivity contribution >= 4 is 28.4 Å². The Bertz CT molecular complexity index is 1070. The monoisotopic (exact) mass is 450 g/mol. The van der Waals surface area contributed by atoms with E-state index in [1.165, 1.54) is 38.4 Å². The topological polar surface area (TPSA) is 96.9 Å². The summed E-state index contributed by atoms with van der Waals surface area (Å²) >= 11 is 0.990. The molecule has 1 amide bonds. The lowest BCUT2D eigenvalue weighted by Crippen LogP contribution is -2.40. The predicted molar refractivity (Wildman–Crippen MR) is 121 cm³/mol. The number of amides is 1. The first-order chi connectivity index (χ1) is 14.7. The molecule has 10 heteroatoms. The third kappa shape index (κ3) is 5.84. The Kier molecular flexibility index (Phi) is 8.61. The van der Waals surface area contributed by atoms with Gasteiger partial charge in [-0.25, -0.2) is 14.2 Å². The lowest BCUT2D eigenvalue weighted by atomic mass is 10.3. The Morgan fingerprint density at radius 3 is 2.23 bits per heavy atom. The van der Waals surface area contributed by atoms with Crippen LogP contribution >= 0.6 is 11.8 Å². The van der Waals surface area contributed by atoms with E-state index in [-0.39, 0.29) is 22.3 Å². The van der Waals surface area contributed by atoms with Crippen LogP contribution in [0.25, 0.3) is 0 Å². The fourth-order valence-electron chi connectivity index (χ4n) is 2.94. The summed E-state index contributed by atoms with van der Waals surface area (Å²) < 4.78 is 15.1. The second-order valence-corrected chi connectivity index (χ2v) is 7.93. The number of carbonyl (C=O) groups is 1. The molecule has 0 spiro atoms. The van der Waals surface area contributed by atoms with Crippen LogP contribution in [0.2, 0.25) is 0 Å². The molecule has 0 aliphatic rings. The van der Waals surface area contributed by atoms with E-state index in [2.05, 4.69) is 4.99 Å². The van der Waals surface area contributed by atoms with E-state index in [9.17, 15) is 23.9 Å². The third-order valence-corrected chi connectivity index (χ3v) is 5.54. The number of halogens is 1. The van der Waals surface area contributed by atoms with Gasteiger partial charge >= 0.3 is 5.69 Å². The van der Waals surface area contributed by atoms with Gasteiger partial charge in [-0.2, -0.15) is 0 Å². The Labute approximate surface area is 184 Å². The number of benzene rings is 1. The first-order valence-electron chi connectivity index (χ1n) is 9.95. The second kappa shape index (κ2) is 10.9. The number of aromatic nitrogens is 2. The van der Waals surface area contributed by atoms with E-state index in [1.807, 2.05) is 13.8 Å². The number of rotatable bonds is 8. The molecule has 1 aromatic carbocycles. The van der Waals surface area contributed by atoms with Gasteiger partial charge in [-0.15, -0.1) is 0 Å². The number of thioether (sulfide) groups is 1. The van der Waals surface area contributed by atoms with E-state index in [4.69, 9.17) is 0 Å². The summed E-state index contributed by atoms with van der Waals surface area (Å²) in [7, 11) is 2.62. The van der Waals surface area contributed by atoms with Crippen molar-refractivity contribution in [3.8, 4) is 5.88 Å². The maximum atomic E-state index is 13.3. The lowest BCUT2D eigenvalue weighted by Gasteiger charge is -2.21. The van der Waals surface area contributed by atoms with Crippen LogP contribution in [0.3, 0.4) is 0 Å². The smallest absolute Gasteiger partial charge is 0.333 e. The third-order valence-electron chi connectivity index (χ3n) is 4.58. The molecule has 8 nitrogen and oxygen atoms in total. The van der Waals surface area contributed by atoms with Gasteiger partial charge < -0.3 is 10.0 Å². The molecular weight excluding hydrogens is 423 g/mol. The highest BCUT2D eigenvalue weighted by Gasteiger charge is 2.23. The second-order valence-electron chi connectivity index (χ2n) is 6.97. The van der Waals surface area contributed by atoms with E-state index in [1.54, 1.807) is 4.90 Å². The minimum atomic E-state index is -0.736. The molecule has 168 valence electrons. The molecule has 0 aliphatic carbocycles. The van der Waals surface area contributed by atoms with Gasteiger partial charge in [0.05, 0.1) is 11.4 Å². The normalized spacial score (nSPS) is 11.6. The Balaban J connectivity index is 2.51. The summed E-state index contributed by atoms with van der Waals surface area (Å²) in [6.07, 6.45) is 1.63. The molecule has 0 atom stereocenters. The maximum absolute atomic E-state index is 13.3. The summed E-state index contributed by atoms with van der Waals surface area (Å²) in [6, 6.07) is 5.27. The Morgan fingerprint density at radius 1 is 1.10 bits per heavy atom. The van der Waals surface area contributed by atoms with Crippen molar-refractivity contribution in [3.05, 3.63) is 56.5 Å². The van der Waals surface area contributed by atoms with Crippen LogP contribution in [-0.2, 0) is 18.9 Å². The number of aliphatic imine (C=N–C) groups is 1. The van der Waals surface area contributed by atoms with Crippen molar-refractivity contribution in [2.45, 2.75) is 26.7 Å². The van der Waals surface area contributed by atoms with Crippen LogP contribution in [0.1, 0.15) is 32.3 Å². The molecule has 0 radical (unpaired) electrons. The fraction of sp³-hybridized carbons (Fsp3) is 0.429. The van der Waals surface area contributed by atoms with Gasteiger partial charge in [-0.05, 0) is 37.1 Å². The predicted octanol–water partition coefficient (Wildman–Crippen LogP) is 2.39. The van der Waals surface area contributed by atoms with Gasteiger partial charge in [0.15, 0.2) is 0 Å². The summed E-state index contributed by atoms with van der Waals surface area (Å²) in [5.74, 6) is -1.13. The van der Waals surface area contributed by atoms with Gasteiger partial charge in [-0.3, -0.25) is 18.7 Å². The number of carbonyl (C=O) groups excluding carboxylic acids is 1. The van der Waals surface area contributed by atoms with Crippen molar-refractivity contribution in [2.75, 3.05) is 18.8 Å². The zero-order chi connectivity index (χ0) is 23.1. The van der Waals surface area contributed by atoms with E-state index >= 15 is 0 Å². The van der Waals surface area contributed by atoms with E-state index in [0.717, 1.165) is 33.7 Å². The lowest BCUT2D eigenvalue weighted by molar-refractivity contribution is -0.128. The quantitative estimate of drug-likeness (QED) is 0.492. The zero-order valence-electron chi connectivity index (χ0n) is 18.1. The summed E-state index contributed by atoms with van der Waals surface area (Å²) in [5.41, 5.74) is -1.28. The van der Waals surface area contributed by atoms with Crippen molar-refractivity contribution in [2.24, 2.45) is 19.1 Å². The van der Waals surface area contributed by atoms with Crippen LogP contribution < -0.4 is 11.2 Å². The van der Waals surface area contributed by atoms with Crippen LogP contribution in [0.5, 0.6) is 5.88 Å². The molecule has 0 unspecified atom stereocenters. The van der Waals surface area contributed by atoms with Crippen LogP contribution in [0, 0.1) is 5.82 Å². The largest absolute Gasteiger partial charge is 0.494 e. The molecule has 0 aliphatic heterocycles. The molecular formula is C21H27FN4O4S. The van der Waals surface area contributed by atoms with Gasteiger partial charge in [0.1, 0.15) is 16.4 Å². The number of hydrogen-bond donors (Lipinski definition) is 1. The summed E-state index contributed by atoms with van der Waals surface area (Å²) in [4.78, 5) is 43.7. The van der Waals surface area contributed by atoms with Crippen molar-refractivity contribution < 1.29 is 14.3 Å². The van der Waals surface area contributed by atoms with Crippen LogP contribution in [-0.4, -0.2) is 48.9 Å². The SMILES string of the molecule is CCCN(CCC)C(=O)CSC(=Nc1ccc(F)cc1)c1c(O)n(C)c(=O)n(C)c1=O. The molecule has 0 bridgehead atoms. The van der Waals surface area contributed by atoms with Crippen LogP contribution in [0.15, 0.2) is 38.8 Å². The average Bonchev–Trinajstić information content (AvgIpc) is 2.75. The van der Waals surface area contributed by atoms with Gasteiger partial charge in [0, 0.05) is 27.2 Å². The maximum Gasteiger partial charge on any atom is 0.333 e. The van der Waals surface area contributed by atoms with E-state index in [0.29, 0.717) is 18.8 Å². The Hall–Kier alpha value is -2.88. The number of nitrogens with zero attached hydrogens (tertiary/aromatic N) is 4. The number of aromatic hydroxyl groups is 1. The number of hydrogen-bond acceptors (Lipinski definition) is 6. The fourth-order valence-corrected chi connectivity index (χ4v) is 3.87. The van der Waals surface area contributed by atoms with Gasteiger partial charge in [0.25, 0.3) is 5.56 Å². The molecule has 31 heavy (non-hydrogen) atoms. The Morgan fingerprint density at radius 2 is 1.68 bits per heavy atom. The highest BCUT2D eigenvalue weighted by atomic mass is 32.2. The highest BCUT2D eigenvalue weighted by molar-refractivity contribution is 8.15. The first kappa shape index (κ1) is 24.4. The van der Waals surface area contributed by atoms with Gasteiger partial charge in [0.2, 0.25) is 11.8 Å². The molecule has 0 saturated heterocycles. The first-order valence-corrected chi connectivity index (χ1v) is 10.9. The van der Waals surface area contributed by atoms with Gasteiger partial charge in [-0.1, -0.05) is 25.6 Å².